The molecule has 1 atom stereocenters. The lowest BCUT2D eigenvalue weighted by Crippen LogP contribution is -2.37. The fourth-order valence-electron chi connectivity index (χ4n) is 2.79. The van der Waals surface area contributed by atoms with Gasteiger partial charge in [0.2, 0.25) is 0 Å². The molecule has 2 aliphatic rings. The van der Waals surface area contributed by atoms with Crippen LogP contribution >= 0.6 is 11.6 Å². The molecule has 0 unspecified atom stereocenters. The van der Waals surface area contributed by atoms with Crippen LogP contribution in [-0.4, -0.2) is 30.6 Å². The molecule has 0 bridgehead atoms. The molecule has 1 saturated carbocycles. The topological polar surface area (TPSA) is 15.3 Å². The van der Waals surface area contributed by atoms with E-state index in [2.05, 4.69) is 10.2 Å². The second-order valence-electron chi connectivity index (χ2n) is 5.76. The minimum Gasteiger partial charge on any atom is -0.315 e. The molecule has 0 amide bonds. The van der Waals surface area contributed by atoms with Crippen LogP contribution < -0.4 is 5.32 Å². The number of nitrogens with zero attached hydrogens (tertiary/aromatic N) is 1. The van der Waals surface area contributed by atoms with Crippen LogP contribution in [0.25, 0.3) is 0 Å². The highest BCUT2D eigenvalue weighted by Gasteiger charge is 2.29. The summed E-state index contributed by atoms with van der Waals surface area (Å²) in [5, 5.41) is 3.97. The predicted octanol–water partition coefficient (Wildman–Crippen LogP) is 3.05. The number of rotatable bonds is 5. The van der Waals surface area contributed by atoms with Crippen LogP contribution in [0.5, 0.6) is 0 Å². The number of hydrogen-bond acceptors (Lipinski definition) is 2. The quantitative estimate of drug-likeness (QED) is 0.893. The van der Waals surface area contributed by atoms with Gasteiger partial charge in [0, 0.05) is 30.7 Å². The van der Waals surface area contributed by atoms with E-state index < -0.39 is 0 Å². The average molecular weight is 283 g/mol. The first-order valence-electron chi connectivity index (χ1n) is 7.11. The molecule has 19 heavy (non-hydrogen) atoms. The maximum Gasteiger partial charge on any atom is 0.124 e. The van der Waals surface area contributed by atoms with Gasteiger partial charge in [-0.3, -0.25) is 4.90 Å². The van der Waals surface area contributed by atoms with Gasteiger partial charge >= 0.3 is 0 Å². The number of nitrogens with one attached hydrogen (secondary N) is 1. The first-order chi connectivity index (χ1) is 9.22. The lowest BCUT2D eigenvalue weighted by molar-refractivity contribution is 0.190. The van der Waals surface area contributed by atoms with Crippen LogP contribution in [0.4, 0.5) is 4.39 Å². The maximum absolute atomic E-state index is 13.1. The molecule has 2 fully saturated rings. The highest BCUT2D eigenvalue weighted by molar-refractivity contribution is 6.31. The largest absolute Gasteiger partial charge is 0.315 e. The van der Waals surface area contributed by atoms with Crippen LogP contribution in [0.15, 0.2) is 18.2 Å². The van der Waals surface area contributed by atoms with Crippen molar-refractivity contribution in [3.8, 4) is 0 Å². The zero-order valence-electron chi connectivity index (χ0n) is 11.0. The zero-order chi connectivity index (χ0) is 13.2. The summed E-state index contributed by atoms with van der Waals surface area (Å²) in [6.07, 6.45) is 3.91. The van der Waals surface area contributed by atoms with Crippen molar-refractivity contribution in [2.24, 2.45) is 5.92 Å². The summed E-state index contributed by atoms with van der Waals surface area (Å²) in [5.41, 5.74) is 1.04. The minimum absolute atomic E-state index is 0.259. The van der Waals surface area contributed by atoms with Crippen molar-refractivity contribution >= 4 is 11.6 Å². The first kappa shape index (κ1) is 13.3. The molecule has 1 saturated heterocycles. The van der Waals surface area contributed by atoms with Gasteiger partial charge in [0.05, 0.1) is 0 Å². The molecule has 0 aromatic heterocycles. The Bertz CT molecular complexity index is 442. The molecule has 0 radical (unpaired) electrons. The predicted molar refractivity (Wildman–Crippen MR) is 75.8 cm³/mol. The average Bonchev–Trinajstić information content (AvgIpc) is 3.03. The van der Waals surface area contributed by atoms with E-state index in [1.54, 1.807) is 0 Å². The summed E-state index contributed by atoms with van der Waals surface area (Å²) in [4.78, 5) is 2.52. The van der Waals surface area contributed by atoms with Crippen LogP contribution in [0.2, 0.25) is 5.02 Å². The molecule has 104 valence electrons. The third-order valence-electron chi connectivity index (χ3n) is 4.13. The summed E-state index contributed by atoms with van der Waals surface area (Å²) in [5.74, 6) is 0.602. The molecule has 1 aliphatic carbocycles. The van der Waals surface area contributed by atoms with Crippen molar-refractivity contribution in [3.63, 3.8) is 0 Å². The third-order valence-corrected chi connectivity index (χ3v) is 4.48. The highest BCUT2D eigenvalue weighted by Crippen LogP contribution is 2.32. The first-order valence-corrected chi connectivity index (χ1v) is 7.49. The number of benzene rings is 1. The summed E-state index contributed by atoms with van der Waals surface area (Å²) in [7, 11) is 0. The molecular weight excluding hydrogens is 263 g/mol. The summed E-state index contributed by atoms with van der Waals surface area (Å²) in [6, 6.07) is 5.34. The van der Waals surface area contributed by atoms with E-state index in [-0.39, 0.29) is 5.82 Å². The van der Waals surface area contributed by atoms with Crippen molar-refractivity contribution in [2.75, 3.05) is 19.6 Å². The molecule has 1 aliphatic heterocycles. The molecule has 1 aromatic carbocycles. The number of halogens is 2. The third kappa shape index (κ3) is 3.47. The Labute approximate surface area is 118 Å². The fourth-order valence-corrected chi connectivity index (χ4v) is 3.02. The maximum atomic E-state index is 13.1. The summed E-state index contributed by atoms with van der Waals surface area (Å²) < 4.78 is 13.1. The monoisotopic (exact) mass is 282 g/mol. The molecule has 1 heterocycles. The van der Waals surface area contributed by atoms with Gasteiger partial charge in [-0.15, -0.1) is 0 Å². The molecule has 0 spiro atoms. The molecule has 4 heteroatoms. The van der Waals surface area contributed by atoms with E-state index in [0.29, 0.717) is 11.1 Å². The van der Waals surface area contributed by atoms with Crippen molar-refractivity contribution in [1.82, 2.24) is 10.2 Å². The van der Waals surface area contributed by atoms with Crippen LogP contribution in [0.1, 0.15) is 24.8 Å². The molecule has 1 N–H and O–H groups in total. The van der Waals surface area contributed by atoms with Crippen LogP contribution in [0, 0.1) is 11.7 Å². The van der Waals surface area contributed by atoms with Gasteiger partial charge in [0.1, 0.15) is 5.82 Å². The van der Waals surface area contributed by atoms with E-state index in [9.17, 15) is 4.39 Å². The Morgan fingerprint density at radius 3 is 2.79 bits per heavy atom. The second-order valence-corrected chi connectivity index (χ2v) is 6.16. The lowest BCUT2D eigenvalue weighted by Gasteiger charge is -2.28. The highest BCUT2D eigenvalue weighted by atomic mass is 35.5. The second kappa shape index (κ2) is 5.78. The minimum atomic E-state index is -0.259. The van der Waals surface area contributed by atoms with E-state index in [4.69, 9.17) is 11.6 Å². The van der Waals surface area contributed by atoms with Crippen molar-refractivity contribution in [3.05, 3.63) is 34.6 Å². The van der Waals surface area contributed by atoms with Crippen molar-refractivity contribution in [1.29, 1.82) is 0 Å². The molecular formula is C15H20ClFN2. The lowest BCUT2D eigenvalue weighted by atomic mass is 10.1. The van der Waals surface area contributed by atoms with E-state index in [1.165, 1.54) is 31.4 Å². The van der Waals surface area contributed by atoms with Gasteiger partial charge < -0.3 is 5.32 Å². The molecule has 1 aromatic rings. The Balaban J connectivity index is 1.71. The smallest absolute Gasteiger partial charge is 0.124 e. The standard InChI is InChI=1S/C15H20ClFN2/c16-15-7-13(17)4-3-12(15)10-19(9-11-1-2-11)14-5-6-18-8-14/h3-4,7,11,14,18H,1-2,5-6,8-10H2/t14-/m0/s1. The van der Waals surface area contributed by atoms with E-state index >= 15 is 0 Å². The number of hydrogen-bond donors (Lipinski definition) is 1. The SMILES string of the molecule is Fc1ccc(CN(CC2CC2)[C@H]2CCNC2)c(Cl)c1. The van der Waals surface area contributed by atoms with Crippen LogP contribution in [0.3, 0.4) is 0 Å². The van der Waals surface area contributed by atoms with Gasteiger partial charge in [-0.05, 0) is 49.4 Å². The van der Waals surface area contributed by atoms with E-state index in [0.717, 1.165) is 37.7 Å². The Morgan fingerprint density at radius 2 is 2.16 bits per heavy atom. The Kier molecular flexibility index (Phi) is 4.06. The van der Waals surface area contributed by atoms with Gasteiger partial charge in [0.25, 0.3) is 0 Å². The van der Waals surface area contributed by atoms with Crippen molar-refractivity contribution in [2.45, 2.75) is 31.8 Å². The van der Waals surface area contributed by atoms with Gasteiger partial charge in [-0.1, -0.05) is 17.7 Å². The van der Waals surface area contributed by atoms with Gasteiger partial charge in [-0.25, -0.2) is 4.39 Å². The Morgan fingerprint density at radius 1 is 1.32 bits per heavy atom. The van der Waals surface area contributed by atoms with Crippen molar-refractivity contribution < 1.29 is 4.39 Å². The molecule has 3 rings (SSSR count). The van der Waals surface area contributed by atoms with E-state index in [1.807, 2.05) is 6.07 Å². The van der Waals surface area contributed by atoms with Gasteiger partial charge in [-0.2, -0.15) is 0 Å². The summed E-state index contributed by atoms with van der Waals surface area (Å²) >= 11 is 6.15. The Hall–Kier alpha value is -0.640. The normalized spacial score (nSPS) is 23.2. The molecule has 2 nitrogen and oxygen atoms in total. The summed E-state index contributed by atoms with van der Waals surface area (Å²) in [6.45, 7) is 4.15. The van der Waals surface area contributed by atoms with Crippen LogP contribution in [-0.2, 0) is 6.54 Å². The van der Waals surface area contributed by atoms with Gasteiger partial charge in [0.15, 0.2) is 0 Å². The zero-order valence-corrected chi connectivity index (χ0v) is 11.8. The fraction of sp³-hybridized carbons (Fsp3) is 0.600.